The van der Waals surface area contributed by atoms with Crippen molar-refractivity contribution in [3.05, 3.63) is 29.3 Å². The fourth-order valence-corrected chi connectivity index (χ4v) is 2.15. The summed E-state index contributed by atoms with van der Waals surface area (Å²) in [6.45, 7) is 2.10. The van der Waals surface area contributed by atoms with Crippen LogP contribution in [0.15, 0.2) is 23.1 Å². The van der Waals surface area contributed by atoms with Crippen LogP contribution < -0.4 is 0 Å². The molecule has 0 amide bonds. The molecule has 1 aromatic carbocycles. The van der Waals surface area contributed by atoms with E-state index >= 15 is 0 Å². The molecule has 0 aromatic heterocycles. The average Bonchev–Trinajstić information content (AvgIpc) is 2.86. The summed E-state index contributed by atoms with van der Waals surface area (Å²) in [5, 5.41) is 9.90. The van der Waals surface area contributed by atoms with Gasteiger partial charge in [0.05, 0.1) is 5.60 Å². The van der Waals surface area contributed by atoms with Crippen molar-refractivity contribution in [3.63, 3.8) is 0 Å². The van der Waals surface area contributed by atoms with E-state index in [4.69, 9.17) is 0 Å². The Bertz CT molecular complexity index is 329. The van der Waals surface area contributed by atoms with Gasteiger partial charge in [-0.05, 0) is 43.2 Å². The maximum Gasteiger partial charge on any atom is 0.0899 e. The van der Waals surface area contributed by atoms with Gasteiger partial charge in [-0.2, -0.15) is 0 Å². The molecule has 1 N–H and O–H groups in total. The van der Waals surface area contributed by atoms with E-state index < -0.39 is 5.60 Å². The molecular formula is C11H14OS. The van der Waals surface area contributed by atoms with Crippen molar-refractivity contribution in [1.82, 2.24) is 0 Å². The number of thioether (sulfide) groups is 1. The topological polar surface area (TPSA) is 20.2 Å². The third-order valence-corrected chi connectivity index (χ3v) is 3.55. The van der Waals surface area contributed by atoms with Gasteiger partial charge < -0.3 is 5.11 Å². The second kappa shape index (κ2) is 3.03. The van der Waals surface area contributed by atoms with E-state index in [0.29, 0.717) is 0 Å². The quantitative estimate of drug-likeness (QED) is 0.730. The average molecular weight is 194 g/mol. The summed E-state index contributed by atoms with van der Waals surface area (Å²) in [6.07, 6.45) is 3.91. The Kier molecular flexibility index (Phi) is 2.12. The Labute approximate surface area is 83.2 Å². The fourth-order valence-electron chi connectivity index (χ4n) is 1.52. The van der Waals surface area contributed by atoms with Crippen LogP contribution in [-0.4, -0.2) is 11.4 Å². The zero-order valence-electron chi connectivity index (χ0n) is 8.00. The summed E-state index contributed by atoms with van der Waals surface area (Å²) in [5.74, 6) is 0. The van der Waals surface area contributed by atoms with E-state index in [2.05, 4.69) is 25.3 Å². The van der Waals surface area contributed by atoms with Crippen molar-refractivity contribution in [3.8, 4) is 0 Å². The molecule has 0 radical (unpaired) electrons. The first-order valence-corrected chi connectivity index (χ1v) is 5.76. The van der Waals surface area contributed by atoms with Gasteiger partial charge in [0, 0.05) is 4.90 Å². The molecule has 0 aliphatic heterocycles. The summed E-state index contributed by atoms with van der Waals surface area (Å²) >= 11 is 1.74. The molecule has 1 aliphatic rings. The van der Waals surface area contributed by atoms with Crippen molar-refractivity contribution < 1.29 is 5.11 Å². The van der Waals surface area contributed by atoms with Crippen molar-refractivity contribution in [2.24, 2.45) is 0 Å². The second-order valence-corrected chi connectivity index (χ2v) is 4.56. The van der Waals surface area contributed by atoms with Gasteiger partial charge in [0.1, 0.15) is 0 Å². The predicted octanol–water partition coefficient (Wildman–Crippen LogP) is 2.70. The molecule has 2 heteroatoms. The molecule has 0 saturated heterocycles. The molecule has 0 heterocycles. The van der Waals surface area contributed by atoms with E-state index in [9.17, 15) is 5.11 Å². The summed E-state index contributed by atoms with van der Waals surface area (Å²) in [5.41, 5.74) is 1.89. The minimum atomic E-state index is -0.488. The highest BCUT2D eigenvalue weighted by Gasteiger charge is 2.42. The Balaban J connectivity index is 2.39. The van der Waals surface area contributed by atoms with Crippen LogP contribution in [0.1, 0.15) is 24.0 Å². The van der Waals surface area contributed by atoms with Crippen molar-refractivity contribution in [2.75, 3.05) is 6.26 Å². The SMILES string of the molecule is CSc1cc(C2(O)CC2)ccc1C. The summed E-state index contributed by atoms with van der Waals surface area (Å²) < 4.78 is 0. The molecule has 13 heavy (non-hydrogen) atoms. The Hall–Kier alpha value is -0.470. The lowest BCUT2D eigenvalue weighted by Gasteiger charge is -2.10. The standard InChI is InChI=1S/C11H14OS/c1-8-3-4-9(7-10(8)13-2)11(12)5-6-11/h3-4,7,12H,5-6H2,1-2H3. The van der Waals surface area contributed by atoms with Gasteiger partial charge in [0.15, 0.2) is 0 Å². The van der Waals surface area contributed by atoms with Crippen LogP contribution >= 0.6 is 11.8 Å². The van der Waals surface area contributed by atoms with Gasteiger partial charge in [-0.1, -0.05) is 12.1 Å². The van der Waals surface area contributed by atoms with Gasteiger partial charge in [0.25, 0.3) is 0 Å². The van der Waals surface area contributed by atoms with Crippen LogP contribution in [0.3, 0.4) is 0 Å². The van der Waals surface area contributed by atoms with Crippen molar-refractivity contribution in [1.29, 1.82) is 0 Å². The molecule has 70 valence electrons. The zero-order chi connectivity index (χ0) is 9.47. The van der Waals surface area contributed by atoms with Crippen LogP contribution in [0.2, 0.25) is 0 Å². The molecule has 0 spiro atoms. The Morgan fingerprint density at radius 3 is 2.62 bits per heavy atom. The highest BCUT2D eigenvalue weighted by Crippen LogP contribution is 2.46. The number of aryl methyl sites for hydroxylation is 1. The first kappa shape index (κ1) is 9.10. The largest absolute Gasteiger partial charge is 0.385 e. The number of aliphatic hydroxyl groups is 1. The van der Waals surface area contributed by atoms with Gasteiger partial charge >= 0.3 is 0 Å². The first-order valence-electron chi connectivity index (χ1n) is 4.53. The van der Waals surface area contributed by atoms with Gasteiger partial charge in [0.2, 0.25) is 0 Å². The van der Waals surface area contributed by atoms with Gasteiger partial charge in [-0.25, -0.2) is 0 Å². The molecule has 0 unspecified atom stereocenters. The highest BCUT2D eigenvalue weighted by atomic mass is 32.2. The molecule has 1 aliphatic carbocycles. The Morgan fingerprint density at radius 2 is 2.08 bits per heavy atom. The minimum absolute atomic E-state index is 0.488. The smallest absolute Gasteiger partial charge is 0.0899 e. The lowest BCUT2D eigenvalue weighted by molar-refractivity contribution is 0.151. The normalized spacial score (nSPS) is 18.7. The number of benzene rings is 1. The molecule has 0 atom stereocenters. The number of hydrogen-bond donors (Lipinski definition) is 1. The van der Waals surface area contributed by atoms with Crippen molar-refractivity contribution in [2.45, 2.75) is 30.3 Å². The van der Waals surface area contributed by atoms with E-state index in [1.165, 1.54) is 10.5 Å². The highest BCUT2D eigenvalue weighted by molar-refractivity contribution is 7.98. The molecular weight excluding hydrogens is 180 g/mol. The van der Waals surface area contributed by atoms with E-state index in [1.54, 1.807) is 11.8 Å². The van der Waals surface area contributed by atoms with Crippen LogP contribution in [0.25, 0.3) is 0 Å². The molecule has 1 nitrogen and oxygen atoms in total. The summed E-state index contributed by atoms with van der Waals surface area (Å²) in [6, 6.07) is 6.26. The zero-order valence-corrected chi connectivity index (χ0v) is 8.82. The minimum Gasteiger partial charge on any atom is -0.385 e. The maximum atomic E-state index is 9.90. The van der Waals surface area contributed by atoms with Crippen LogP contribution in [0.4, 0.5) is 0 Å². The predicted molar refractivity (Wildman–Crippen MR) is 56.1 cm³/mol. The fraction of sp³-hybridized carbons (Fsp3) is 0.455. The van der Waals surface area contributed by atoms with Crippen molar-refractivity contribution >= 4 is 11.8 Å². The van der Waals surface area contributed by atoms with Crippen LogP contribution in [-0.2, 0) is 5.60 Å². The molecule has 1 fully saturated rings. The van der Waals surface area contributed by atoms with Gasteiger partial charge in [-0.3, -0.25) is 0 Å². The second-order valence-electron chi connectivity index (χ2n) is 3.72. The number of hydrogen-bond acceptors (Lipinski definition) is 2. The molecule has 1 saturated carbocycles. The third kappa shape index (κ3) is 1.61. The van der Waals surface area contributed by atoms with E-state index in [-0.39, 0.29) is 0 Å². The summed E-state index contributed by atoms with van der Waals surface area (Å²) in [7, 11) is 0. The first-order chi connectivity index (χ1) is 6.15. The van der Waals surface area contributed by atoms with E-state index in [0.717, 1.165) is 18.4 Å². The van der Waals surface area contributed by atoms with Crippen LogP contribution in [0, 0.1) is 6.92 Å². The van der Waals surface area contributed by atoms with Gasteiger partial charge in [-0.15, -0.1) is 11.8 Å². The molecule has 2 rings (SSSR count). The van der Waals surface area contributed by atoms with E-state index in [1.807, 2.05) is 6.07 Å². The third-order valence-electron chi connectivity index (χ3n) is 2.67. The summed E-state index contributed by atoms with van der Waals surface area (Å²) in [4.78, 5) is 1.28. The molecule has 0 bridgehead atoms. The monoisotopic (exact) mass is 194 g/mol. The number of rotatable bonds is 2. The maximum absolute atomic E-state index is 9.90. The lowest BCUT2D eigenvalue weighted by atomic mass is 10.1. The Morgan fingerprint density at radius 1 is 1.38 bits per heavy atom. The molecule has 1 aromatic rings. The lowest BCUT2D eigenvalue weighted by Crippen LogP contribution is -2.04. The van der Waals surface area contributed by atoms with Crippen LogP contribution in [0.5, 0.6) is 0 Å².